The number of hydrogen-bond acceptors (Lipinski definition) is 2. The van der Waals surface area contributed by atoms with E-state index >= 15 is 0 Å². The topological polar surface area (TPSA) is 35.8 Å². The Labute approximate surface area is 118 Å². The van der Waals surface area contributed by atoms with Crippen molar-refractivity contribution in [3.8, 4) is 6.07 Å². The van der Waals surface area contributed by atoms with Gasteiger partial charge in [0.15, 0.2) is 0 Å². The van der Waals surface area contributed by atoms with Crippen LogP contribution in [0.3, 0.4) is 0 Å². The number of hydrogen-bond donors (Lipinski definition) is 1. The summed E-state index contributed by atoms with van der Waals surface area (Å²) in [6.07, 6.45) is 9.01. The molecule has 0 heterocycles. The Morgan fingerprint density at radius 2 is 1.84 bits per heavy atom. The molecule has 106 valence electrons. The van der Waals surface area contributed by atoms with Gasteiger partial charge in [0.25, 0.3) is 0 Å². The van der Waals surface area contributed by atoms with E-state index in [9.17, 15) is 5.26 Å². The Balaban J connectivity index is 1.77. The zero-order valence-corrected chi connectivity index (χ0v) is 12.7. The summed E-state index contributed by atoms with van der Waals surface area (Å²) in [6.45, 7) is 7.37. The van der Waals surface area contributed by atoms with Crippen LogP contribution in [0.1, 0.15) is 65.7 Å². The lowest BCUT2D eigenvalue weighted by molar-refractivity contribution is 0.0864. The van der Waals surface area contributed by atoms with Crippen molar-refractivity contribution < 1.29 is 0 Å². The highest BCUT2D eigenvalue weighted by Crippen LogP contribution is 2.62. The third-order valence-electron chi connectivity index (χ3n) is 6.58. The van der Waals surface area contributed by atoms with Gasteiger partial charge < -0.3 is 5.32 Å². The molecule has 0 aromatic heterocycles. The van der Waals surface area contributed by atoms with E-state index < -0.39 is 0 Å². The summed E-state index contributed by atoms with van der Waals surface area (Å²) in [4.78, 5) is 0. The molecule has 2 nitrogen and oxygen atoms in total. The van der Waals surface area contributed by atoms with Crippen LogP contribution in [0.25, 0.3) is 0 Å². The molecule has 0 spiro atoms. The number of rotatable bonds is 2. The molecule has 5 unspecified atom stereocenters. The first-order chi connectivity index (χ1) is 8.97. The van der Waals surface area contributed by atoms with Gasteiger partial charge in [-0.1, -0.05) is 33.6 Å². The molecular formula is C17H28N2. The Bertz CT molecular complexity index is 390. The lowest BCUT2D eigenvalue weighted by Crippen LogP contribution is -2.55. The molecule has 3 rings (SSSR count). The van der Waals surface area contributed by atoms with Crippen LogP contribution >= 0.6 is 0 Å². The summed E-state index contributed by atoms with van der Waals surface area (Å²) >= 11 is 0. The maximum absolute atomic E-state index is 9.37. The number of nitrogens with zero attached hydrogens (tertiary/aromatic N) is 1. The molecule has 19 heavy (non-hydrogen) atoms. The SMILES string of the molecule is CC12CCC(C1)C(C)(C)C2NC1CCCCC1C#N. The molecule has 0 saturated heterocycles. The molecule has 0 aromatic rings. The second-order valence-electron chi connectivity index (χ2n) is 8.14. The van der Waals surface area contributed by atoms with E-state index in [4.69, 9.17) is 0 Å². The fraction of sp³-hybridized carbons (Fsp3) is 0.941. The van der Waals surface area contributed by atoms with Gasteiger partial charge in [0.05, 0.1) is 12.0 Å². The van der Waals surface area contributed by atoms with E-state index in [2.05, 4.69) is 32.2 Å². The van der Waals surface area contributed by atoms with Crippen molar-refractivity contribution in [2.45, 2.75) is 77.8 Å². The van der Waals surface area contributed by atoms with Crippen LogP contribution < -0.4 is 5.32 Å². The first kappa shape index (κ1) is 13.4. The molecule has 1 N–H and O–H groups in total. The van der Waals surface area contributed by atoms with Gasteiger partial charge in [-0.25, -0.2) is 0 Å². The number of nitriles is 1. The van der Waals surface area contributed by atoms with Crippen molar-refractivity contribution >= 4 is 0 Å². The van der Waals surface area contributed by atoms with Gasteiger partial charge in [-0.3, -0.25) is 0 Å². The third kappa shape index (κ3) is 2.02. The largest absolute Gasteiger partial charge is 0.309 e. The first-order valence-electron chi connectivity index (χ1n) is 8.13. The van der Waals surface area contributed by atoms with E-state index in [0.29, 0.717) is 22.9 Å². The van der Waals surface area contributed by atoms with Crippen LogP contribution in [-0.4, -0.2) is 12.1 Å². The second kappa shape index (κ2) is 4.48. The van der Waals surface area contributed by atoms with Crippen molar-refractivity contribution in [1.29, 1.82) is 5.26 Å². The van der Waals surface area contributed by atoms with Crippen LogP contribution in [0.15, 0.2) is 0 Å². The molecule has 5 atom stereocenters. The zero-order valence-electron chi connectivity index (χ0n) is 12.7. The zero-order chi connectivity index (χ0) is 13.7. The number of nitrogens with one attached hydrogen (secondary N) is 1. The van der Waals surface area contributed by atoms with Crippen LogP contribution in [0.2, 0.25) is 0 Å². The minimum atomic E-state index is 0.243. The highest BCUT2D eigenvalue weighted by atomic mass is 15.0. The standard InChI is InChI=1S/C17H28N2/c1-16(2)13-8-9-17(3,10-13)15(16)19-14-7-5-4-6-12(14)11-18/h12-15,19H,4-10H2,1-3H3. The molecule has 0 aliphatic heterocycles. The maximum Gasteiger partial charge on any atom is 0.0672 e. The van der Waals surface area contributed by atoms with E-state index in [1.165, 1.54) is 38.5 Å². The molecule has 3 saturated carbocycles. The predicted molar refractivity (Wildman–Crippen MR) is 77.5 cm³/mol. The third-order valence-corrected chi connectivity index (χ3v) is 6.58. The fourth-order valence-corrected chi connectivity index (χ4v) is 5.42. The number of fused-ring (bicyclic) bond motifs is 2. The molecule has 3 aliphatic rings. The van der Waals surface area contributed by atoms with Gasteiger partial charge in [-0.15, -0.1) is 0 Å². The minimum Gasteiger partial charge on any atom is -0.309 e. The van der Waals surface area contributed by atoms with E-state index in [-0.39, 0.29) is 5.92 Å². The van der Waals surface area contributed by atoms with E-state index in [1.807, 2.05) is 0 Å². The molecule has 0 amide bonds. The van der Waals surface area contributed by atoms with Crippen molar-refractivity contribution in [2.24, 2.45) is 22.7 Å². The fourth-order valence-electron chi connectivity index (χ4n) is 5.42. The van der Waals surface area contributed by atoms with E-state index in [1.54, 1.807) is 0 Å². The summed E-state index contributed by atoms with van der Waals surface area (Å²) < 4.78 is 0. The van der Waals surface area contributed by atoms with Crippen molar-refractivity contribution in [3.05, 3.63) is 0 Å². The molecule has 2 bridgehead atoms. The molecule has 2 heteroatoms. The minimum absolute atomic E-state index is 0.243. The van der Waals surface area contributed by atoms with Gasteiger partial charge in [0.2, 0.25) is 0 Å². The monoisotopic (exact) mass is 260 g/mol. The van der Waals surface area contributed by atoms with E-state index in [0.717, 1.165) is 12.3 Å². The Morgan fingerprint density at radius 1 is 1.11 bits per heavy atom. The Hall–Kier alpha value is -0.550. The van der Waals surface area contributed by atoms with Gasteiger partial charge in [-0.05, 0) is 48.9 Å². The molecule has 0 aromatic carbocycles. The van der Waals surface area contributed by atoms with Crippen molar-refractivity contribution in [1.82, 2.24) is 5.32 Å². The smallest absolute Gasteiger partial charge is 0.0672 e. The van der Waals surface area contributed by atoms with Gasteiger partial charge >= 0.3 is 0 Å². The summed E-state index contributed by atoms with van der Waals surface area (Å²) in [5, 5.41) is 13.3. The average Bonchev–Trinajstić information content (AvgIpc) is 2.86. The quantitative estimate of drug-likeness (QED) is 0.818. The molecular weight excluding hydrogens is 232 g/mol. The summed E-state index contributed by atoms with van der Waals surface area (Å²) in [5.74, 6) is 1.13. The highest BCUT2D eigenvalue weighted by Gasteiger charge is 2.59. The van der Waals surface area contributed by atoms with Crippen molar-refractivity contribution in [2.75, 3.05) is 0 Å². The molecule has 3 fully saturated rings. The van der Waals surface area contributed by atoms with Gasteiger partial charge in [-0.2, -0.15) is 5.26 Å². The second-order valence-corrected chi connectivity index (χ2v) is 8.14. The van der Waals surface area contributed by atoms with Gasteiger partial charge in [0.1, 0.15) is 0 Å². The highest BCUT2D eigenvalue weighted by molar-refractivity contribution is 5.13. The Morgan fingerprint density at radius 3 is 2.47 bits per heavy atom. The normalized spacial score (nSPS) is 48.1. The Kier molecular flexibility index (Phi) is 3.17. The predicted octanol–water partition coefficient (Wildman–Crippen LogP) is 3.87. The summed E-state index contributed by atoms with van der Waals surface area (Å²) in [6, 6.07) is 3.60. The summed E-state index contributed by atoms with van der Waals surface area (Å²) in [7, 11) is 0. The molecule has 3 aliphatic carbocycles. The lowest BCUT2D eigenvalue weighted by Gasteiger charge is -2.46. The van der Waals surface area contributed by atoms with Crippen LogP contribution in [0.4, 0.5) is 0 Å². The first-order valence-corrected chi connectivity index (χ1v) is 8.13. The van der Waals surface area contributed by atoms with Crippen LogP contribution in [-0.2, 0) is 0 Å². The lowest BCUT2D eigenvalue weighted by atomic mass is 9.67. The average molecular weight is 260 g/mol. The van der Waals surface area contributed by atoms with Crippen molar-refractivity contribution in [3.63, 3.8) is 0 Å². The maximum atomic E-state index is 9.37. The van der Waals surface area contributed by atoms with Gasteiger partial charge in [0, 0.05) is 12.1 Å². The molecule has 0 radical (unpaired) electrons. The van der Waals surface area contributed by atoms with Crippen LogP contribution in [0.5, 0.6) is 0 Å². The summed E-state index contributed by atoms with van der Waals surface area (Å²) in [5.41, 5.74) is 0.885. The van der Waals surface area contributed by atoms with Crippen LogP contribution in [0, 0.1) is 34.0 Å².